The third-order valence-corrected chi connectivity index (χ3v) is 4.58. The van der Waals surface area contributed by atoms with E-state index in [2.05, 4.69) is 40.8 Å². The lowest BCUT2D eigenvalue weighted by atomic mass is 10.2. The van der Waals surface area contributed by atoms with Crippen LogP contribution in [0.25, 0.3) is 0 Å². The van der Waals surface area contributed by atoms with Crippen molar-refractivity contribution in [3.8, 4) is 0 Å². The van der Waals surface area contributed by atoms with Gasteiger partial charge in [0, 0.05) is 29.4 Å². The predicted octanol–water partition coefficient (Wildman–Crippen LogP) is 3.11. The Morgan fingerprint density at radius 2 is 2.06 bits per heavy atom. The normalized spacial score (nSPS) is 11.2. The van der Waals surface area contributed by atoms with E-state index in [1.165, 1.54) is 15.3 Å². The molecule has 0 fully saturated rings. The van der Waals surface area contributed by atoms with Crippen molar-refractivity contribution < 1.29 is 5.11 Å². The lowest BCUT2D eigenvalue weighted by Gasteiger charge is -2.20. The second-order valence-electron chi connectivity index (χ2n) is 4.04. The topological polar surface area (TPSA) is 23.5 Å². The van der Waals surface area contributed by atoms with Gasteiger partial charge in [0.2, 0.25) is 0 Å². The van der Waals surface area contributed by atoms with Gasteiger partial charge in [0.15, 0.2) is 0 Å². The van der Waals surface area contributed by atoms with E-state index in [1.807, 2.05) is 0 Å². The van der Waals surface area contributed by atoms with E-state index in [9.17, 15) is 0 Å². The lowest BCUT2D eigenvalue weighted by Crippen LogP contribution is -2.25. The smallest absolute Gasteiger partial charge is 0.0558 e. The number of hydrogen-bond donors (Lipinski definition) is 1. The standard InChI is InChI=1S/C13H17NOS2/c1-11-4-8-17-13(11)10-14(5-6-15)9-12-3-2-7-16-12/h2-4,7-8,15H,5-6,9-10H2,1H3. The Bertz CT molecular complexity index is 436. The molecular formula is C13H17NOS2. The van der Waals surface area contributed by atoms with Gasteiger partial charge in [-0.25, -0.2) is 0 Å². The van der Waals surface area contributed by atoms with Crippen molar-refractivity contribution in [2.75, 3.05) is 13.2 Å². The van der Waals surface area contributed by atoms with Gasteiger partial charge in [-0.2, -0.15) is 0 Å². The van der Waals surface area contributed by atoms with Crippen LogP contribution in [0.3, 0.4) is 0 Å². The molecule has 2 nitrogen and oxygen atoms in total. The van der Waals surface area contributed by atoms with E-state index in [-0.39, 0.29) is 6.61 Å². The van der Waals surface area contributed by atoms with Crippen LogP contribution in [-0.4, -0.2) is 23.2 Å². The molecule has 0 amide bonds. The van der Waals surface area contributed by atoms with Crippen molar-refractivity contribution >= 4 is 22.7 Å². The highest BCUT2D eigenvalue weighted by Crippen LogP contribution is 2.20. The minimum absolute atomic E-state index is 0.218. The molecule has 2 heterocycles. The van der Waals surface area contributed by atoms with Gasteiger partial charge >= 0.3 is 0 Å². The van der Waals surface area contributed by atoms with Crippen molar-refractivity contribution in [2.45, 2.75) is 20.0 Å². The molecule has 0 radical (unpaired) electrons. The van der Waals surface area contributed by atoms with Crippen molar-refractivity contribution in [3.63, 3.8) is 0 Å². The maximum absolute atomic E-state index is 9.13. The van der Waals surface area contributed by atoms with Crippen LogP contribution in [0.4, 0.5) is 0 Å². The van der Waals surface area contributed by atoms with E-state index in [4.69, 9.17) is 5.11 Å². The van der Waals surface area contributed by atoms with Crippen molar-refractivity contribution in [1.29, 1.82) is 0 Å². The SMILES string of the molecule is Cc1ccsc1CN(CCO)Cc1cccs1. The highest BCUT2D eigenvalue weighted by atomic mass is 32.1. The Balaban J connectivity index is 2.00. The summed E-state index contributed by atoms with van der Waals surface area (Å²) in [5.74, 6) is 0. The van der Waals surface area contributed by atoms with Crippen LogP contribution in [0.15, 0.2) is 29.0 Å². The zero-order valence-corrected chi connectivity index (χ0v) is 11.6. The molecule has 2 rings (SSSR count). The van der Waals surface area contributed by atoms with E-state index in [0.29, 0.717) is 0 Å². The molecule has 0 bridgehead atoms. The summed E-state index contributed by atoms with van der Waals surface area (Å²) in [6.07, 6.45) is 0. The minimum atomic E-state index is 0.218. The maximum Gasteiger partial charge on any atom is 0.0558 e. The van der Waals surface area contributed by atoms with E-state index < -0.39 is 0 Å². The number of aliphatic hydroxyl groups excluding tert-OH is 1. The average Bonchev–Trinajstić information content (AvgIpc) is 2.92. The van der Waals surface area contributed by atoms with E-state index in [0.717, 1.165) is 19.6 Å². The Morgan fingerprint density at radius 3 is 2.65 bits per heavy atom. The summed E-state index contributed by atoms with van der Waals surface area (Å²) in [6.45, 7) is 4.96. The maximum atomic E-state index is 9.13. The zero-order chi connectivity index (χ0) is 12.1. The molecule has 0 saturated carbocycles. The summed E-state index contributed by atoms with van der Waals surface area (Å²) in [5, 5.41) is 13.4. The van der Waals surface area contributed by atoms with Crippen LogP contribution in [0.5, 0.6) is 0 Å². The van der Waals surface area contributed by atoms with Gasteiger partial charge in [-0.3, -0.25) is 4.90 Å². The molecule has 0 aliphatic carbocycles. The van der Waals surface area contributed by atoms with E-state index in [1.54, 1.807) is 22.7 Å². The molecule has 0 unspecified atom stereocenters. The van der Waals surface area contributed by atoms with Crippen LogP contribution in [0.1, 0.15) is 15.3 Å². The zero-order valence-electron chi connectivity index (χ0n) is 9.93. The van der Waals surface area contributed by atoms with Crippen LogP contribution >= 0.6 is 22.7 Å². The number of hydrogen-bond acceptors (Lipinski definition) is 4. The third-order valence-electron chi connectivity index (χ3n) is 2.71. The monoisotopic (exact) mass is 267 g/mol. The summed E-state index contributed by atoms with van der Waals surface area (Å²) in [5.41, 5.74) is 1.35. The average molecular weight is 267 g/mol. The van der Waals surface area contributed by atoms with Gasteiger partial charge in [0.1, 0.15) is 0 Å². The number of thiophene rings is 2. The molecular weight excluding hydrogens is 250 g/mol. The Labute approximate surface area is 110 Å². The highest BCUT2D eigenvalue weighted by Gasteiger charge is 2.09. The van der Waals surface area contributed by atoms with Gasteiger partial charge in [0.25, 0.3) is 0 Å². The molecule has 0 saturated heterocycles. The number of aryl methyl sites for hydroxylation is 1. The van der Waals surface area contributed by atoms with Crippen LogP contribution in [-0.2, 0) is 13.1 Å². The quantitative estimate of drug-likeness (QED) is 0.869. The first-order chi connectivity index (χ1) is 8.29. The summed E-state index contributed by atoms with van der Waals surface area (Å²) in [7, 11) is 0. The summed E-state index contributed by atoms with van der Waals surface area (Å²) in [6, 6.07) is 6.38. The molecule has 17 heavy (non-hydrogen) atoms. The molecule has 2 aromatic rings. The highest BCUT2D eigenvalue weighted by molar-refractivity contribution is 7.10. The Kier molecular flexibility index (Phi) is 4.74. The molecule has 4 heteroatoms. The lowest BCUT2D eigenvalue weighted by molar-refractivity contribution is 0.186. The summed E-state index contributed by atoms with van der Waals surface area (Å²) >= 11 is 3.57. The van der Waals surface area contributed by atoms with Crippen molar-refractivity contribution in [2.24, 2.45) is 0 Å². The molecule has 0 spiro atoms. The molecule has 0 aromatic carbocycles. The van der Waals surface area contributed by atoms with Gasteiger partial charge in [0.05, 0.1) is 6.61 Å². The molecule has 0 aliphatic rings. The molecule has 1 N–H and O–H groups in total. The number of nitrogens with zero attached hydrogens (tertiary/aromatic N) is 1. The minimum Gasteiger partial charge on any atom is -0.395 e. The number of aliphatic hydroxyl groups is 1. The molecule has 92 valence electrons. The van der Waals surface area contributed by atoms with Gasteiger partial charge in [-0.15, -0.1) is 22.7 Å². The van der Waals surface area contributed by atoms with Crippen molar-refractivity contribution in [1.82, 2.24) is 4.90 Å². The van der Waals surface area contributed by atoms with Gasteiger partial charge < -0.3 is 5.11 Å². The fourth-order valence-corrected chi connectivity index (χ4v) is 3.44. The first-order valence-electron chi connectivity index (χ1n) is 5.68. The van der Waals surface area contributed by atoms with E-state index >= 15 is 0 Å². The Morgan fingerprint density at radius 1 is 1.18 bits per heavy atom. The van der Waals surface area contributed by atoms with Crippen molar-refractivity contribution in [3.05, 3.63) is 44.3 Å². The second-order valence-corrected chi connectivity index (χ2v) is 6.07. The van der Waals surface area contributed by atoms with Gasteiger partial charge in [-0.1, -0.05) is 6.07 Å². The summed E-state index contributed by atoms with van der Waals surface area (Å²) in [4.78, 5) is 5.05. The Hall–Kier alpha value is -0.680. The predicted molar refractivity (Wildman–Crippen MR) is 74.6 cm³/mol. The fraction of sp³-hybridized carbons (Fsp3) is 0.385. The largest absolute Gasteiger partial charge is 0.395 e. The summed E-state index contributed by atoms with van der Waals surface area (Å²) < 4.78 is 0. The number of rotatable bonds is 6. The molecule has 0 atom stereocenters. The first kappa shape index (κ1) is 12.8. The fourth-order valence-electron chi connectivity index (χ4n) is 1.75. The molecule has 2 aromatic heterocycles. The van der Waals surface area contributed by atoms with Crippen LogP contribution < -0.4 is 0 Å². The first-order valence-corrected chi connectivity index (χ1v) is 7.44. The van der Waals surface area contributed by atoms with Gasteiger partial charge in [-0.05, 0) is 35.4 Å². The van der Waals surface area contributed by atoms with Crippen LogP contribution in [0.2, 0.25) is 0 Å². The molecule has 0 aliphatic heterocycles. The second kappa shape index (κ2) is 6.31. The van der Waals surface area contributed by atoms with Crippen LogP contribution in [0, 0.1) is 6.92 Å². The third kappa shape index (κ3) is 3.64.